The van der Waals surface area contributed by atoms with Crippen molar-refractivity contribution in [1.82, 2.24) is 9.88 Å². The largest absolute Gasteiger partial charge is 0.510 e. The predicted molar refractivity (Wildman–Crippen MR) is 99.8 cm³/mol. The minimum absolute atomic E-state index is 0.0430. The Morgan fingerprint density at radius 2 is 2.00 bits per heavy atom. The molecule has 0 saturated carbocycles. The highest BCUT2D eigenvalue weighted by Crippen LogP contribution is 2.51. The van der Waals surface area contributed by atoms with Crippen molar-refractivity contribution in [2.24, 2.45) is 17.6 Å². The van der Waals surface area contributed by atoms with Gasteiger partial charge in [0.05, 0.1) is 6.04 Å². The molecule has 1 amide bonds. The van der Waals surface area contributed by atoms with Crippen LogP contribution in [-0.2, 0) is 16.0 Å². The van der Waals surface area contributed by atoms with Gasteiger partial charge in [0.15, 0.2) is 11.4 Å². The summed E-state index contributed by atoms with van der Waals surface area (Å²) in [7, 11) is 3.22. The SMILES string of the molecule is CN(C)[C@@H]1C(O)=C(C(N)=O)C(=O)[C@@]2(O)C(O)=C3C(=O)c4ccncc4C[C@H]3C[C@@H]12. The van der Waals surface area contributed by atoms with Crippen LogP contribution < -0.4 is 5.73 Å². The third-order valence-corrected chi connectivity index (χ3v) is 6.25. The molecular formula is C20H21N3O6. The summed E-state index contributed by atoms with van der Waals surface area (Å²) in [6, 6.07) is 0.574. The maximum Gasteiger partial charge on any atom is 0.255 e. The number of aliphatic hydroxyl groups excluding tert-OH is 2. The number of amides is 1. The molecule has 0 aromatic carbocycles. The van der Waals surface area contributed by atoms with E-state index in [-0.39, 0.29) is 12.0 Å². The molecule has 0 bridgehead atoms. The van der Waals surface area contributed by atoms with E-state index in [1.807, 2.05) is 0 Å². The smallest absolute Gasteiger partial charge is 0.255 e. The number of hydrogen-bond donors (Lipinski definition) is 4. The number of pyridine rings is 1. The summed E-state index contributed by atoms with van der Waals surface area (Å²) < 4.78 is 0. The van der Waals surface area contributed by atoms with Gasteiger partial charge in [-0.25, -0.2) is 0 Å². The minimum Gasteiger partial charge on any atom is -0.510 e. The zero-order valence-electron chi connectivity index (χ0n) is 15.9. The van der Waals surface area contributed by atoms with Gasteiger partial charge in [0.2, 0.25) is 5.78 Å². The number of nitrogens with two attached hydrogens (primary N) is 1. The maximum absolute atomic E-state index is 13.0. The van der Waals surface area contributed by atoms with Crippen molar-refractivity contribution in [2.45, 2.75) is 24.5 Å². The van der Waals surface area contributed by atoms with Crippen LogP contribution in [0.15, 0.2) is 41.1 Å². The fourth-order valence-corrected chi connectivity index (χ4v) is 4.99. The highest BCUT2D eigenvalue weighted by molar-refractivity contribution is 6.24. The Bertz CT molecular complexity index is 1030. The molecule has 1 aromatic heterocycles. The van der Waals surface area contributed by atoms with Crippen LogP contribution in [0.3, 0.4) is 0 Å². The number of hydrogen-bond acceptors (Lipinski definition) is 8. The molecule has 5 N–H and O–H groups in total. The van der Waals surface area contributed by atoms with E-state index in [0.717, 1.165) is 0 Å². The number of allylic oxidation sites excluding steroid dienone is 1. The highest BCUT2D eigenvalue weighted by atomic mass is 16.3. The lowest BCUT2D eigenvalue weighted by Gasteiger charge is -2.50. The van der Waals surface area contributed by atoms with Crippen molar-refractivity contribution in [3.8, 4) is 0 Å². The van der Waals surface area contributed by atoms with E-state index in [4.69, 9.17) is 5.73 Å². The van der Waals surface area contributed by atoms with Crippen molar-refractivity contribution in [2.75, 3.05) is 14.1 Å². The highest BCUT2D eigenvalue weighted by Gasteiger charge is 2.63. The fourth-order valence-electron chi connectivity index (χ4n) is 4.99. The molecule has 1 aromatic rings. The second kappa shape index (κ2) is 6.23. The van der Waals surface area contributed by atoms with Crippen LogP contribution in [-0.4, -0.2) is 68.4 Å². The molecule has 152 valence electrons. The van der Waals surface area contributed by atoms with E-state index in [1.54, 1.807) is 25.2 Å². The van der Waals surface area contributed by atoms with Gasteiger partial charge in [0, 0.05) is 29.4 Å². The number of carbonyl (C=O) groups excluding carboxylic acids is 3. The molecule has 0 spiro atoms. The molecule has 9 heteroatoms. The topological polar surface area (TPSA) is 154 Å². The third-order valence-electron chi connectivity index (χ3n) is 6.25. The number of fused-ring (bicyclic) bond motifs is 3. The number of ketones is 2. The summed E-state index contributed by atoms with van der Waals surface area (Å²) in [4.78, 5) is 43.5. The predicted octanol–water partition coefficient (Wildman–Crippen LogP) is -0.190. The van der Waals surface area contributed by atoms with Crippen molar-refractivity contribution in [1.29, 1.82) is 0 Å². The molecule has 1 heterocycles. The van der Waals surface area contributed by atoms with Gasteiger partial charge in [-0.2, -0.15) is 0 Å². The second-order valence-electron chi connectivity index (χ2n) is 8.00. The van der Waals surface area contributed by atoms with E-state index in [2.05, 4.69) is 4.98 Å². The monoisotopic (exact) mass is 399 g/mol. The number of carbonyl (C=O) groups is 3. The summed E-state index contributed by atoms with van der Waals surface area (Å²) in [5, 5.41) is 33.0. The first-order valence-corrected chi connectivity index (χ1v) is 9.18. The van der Waals surface area contributed by atoms with E-state index < -0.39 is 58.0 Å². The molecule has 0 radical (unpaired) electrons. The number of aliphatic hydroxyl groups is 3. The van der Waals surface area contributed by atoms with Crippen LogP contribution in [0.4, 0.5) is 0 Å². The van der Waals surface area contributed by atoms with Crippen molar-refractivity contribution < 1.29 is 29.7 Å². The number of likely N-dealkylation sites (N-methyl/N-ethyl adjacent to an activating group) is 1. The van der Waals surface area contributed by atoms with Crippen molar-refractivity contribution >= 4 is 17.5 Å². The van der Waals surface area contributed by atoms with Gasteiger partial charge in [0.25, 0.3) is 5.91 Å². The van der Waals surface area contributed by atoms with Crippen molar-refractivity contribution in [3.05, 3.63) is 52.3 Å². The Morgan fingerprint density at radius 1 is 1.31 bits per heavy atom. The Labute approximate surface area is 166 Å². The molecule has 4 atom stereocenters. The molecule has 29 heavy (non-hydrogen) atoms. The van der Waals surface area contributed by atoms with E-state index in [9.17, 15) is 29.7 Å². The Hall–Kier alpha value is -3.04. The van der Waals surface area contributed by atoms with Crippen molar-refractivity contribution in [3.63, 3.8) is 0 Å². The van der Waals surface area contributed by atoms with Crippen LogP contribution in [0.2, 0.25) is 0 Å². The Kier molecular flexibility index (Phi) is 4.14. The average Bonchev–Trinajstić information content (AvgIpc) is 2.64. The van der Waals surface area contributed by atoms with E-state index in [1.165, 1.54) is 12.3 Å². The molecule has 0 saturated heterocycles. The van der Waals surface area contributed by atoms with Gasteiger partial charge in [-0.05, 0) is 44.5 Å². The summed E-state index contributed by atoms with van der Waals surface area (Å²) in [5.41, 5.74) is 3.01. The number of aromatic nitrogens is 1. The minimum atomic E-state index is -2.53. The Balaban J connectivity index is 1.96. The second-order valence-corrected chi connectivity index (χ2v) is 8.00. The quantitative estimate of drug-likeness (QED) is 0.499. The van der Waals surface area contributed by atoms with Gasteiger partial charge in [-0.15, -0.1) is 0 Å². The molecule has 0 unspecified atom stereocenters. The maximum atomic E-state index is 13.0. The Morgan fingerprint density at radius 3 is 2.62 bits per heavy atom. The summed E-state index contributed by atoms with van der Waals surface area (Å²) >= 11 is 0. The molecule has 0 aliphatic heterocycles. The molecular weight excluding hydrogens is 378 g/mol. The van der Waals surface area contributed by atoms with Crippen LogP contribution in [0.25, 0.3) is 0 Å². The van der Waals surface area contributed by atoms with E-state index in [0.29, 0.717) is 17.5 Å². The number of rotatable bonds is 2. The van der Waals surface area contributed by atoms with Crippen LogP contribution in [0, 0.1) is 11.8 Å². The normalized spacial score (nSPS) is 31.5. The lowest BCUT2D eigenvalue weighted by molar-refractivity contribution is -0.148. The lowest BCUT2D eigenvalue weighted by atomic mass is 9.59. The van der Waals surface area contributed by atoms with Gasteiger partial charge < -0.3 is 21.1 Å². The average molecular weight is 399 g/mol. The zero-order valence-corrected chi connectivity index (χ0v) is 15.9. The fraction of sp³-hybridized carbons (Fsp3) is 0.400. The van der Waals surface area contributed by atoms with Gasteiger partial charge in [-0.3, -0.25) is 24.3 Å². The van der Waals surface area contributed by atoms with Gasteiger partial charge in [0.1, 0.15) is 17.1 Å². The summed E-state index contributed by atoms with van der Waals surface area (Å²) in [5.74, 6) is -5.65. The van der Waals surface area contributed by atoms with Crippen LogP contribution in [0.1, 0.15) is 22.3 Å². The standard InChI is InChI=1S/C20H21N3O6/c1-23(2)14-11-6-8-5-9-7-22-4-3-10(9)15(24)12(8)17(26)20(11,29)18(27)13(16(14)25)19(21)28/h3-4,7-8,11,14,25-26,29H,5-6H2,1-2H3,(H2,21,28)/t8-,11-,14-,20-/m0/s1. The van der Waals surface area contributed by atoms with Crippen LogP contribution >= 0.6 is 0 Å². The van der Waals surface area contributed by atoms with Gasteiger partial charge >= 0.3 is 0 Å². The molecule has 4 rings (SSSR count). The molecule has 0 fully saturated rings. The first-order valence-electron chi connectivity index (χ1n) is 9.18. The van der Waals surface area contributed by atoms with Crippen LogP contribution in [0.5, 0.6) is 0 Å². The van der Waals surface area contributed by atoms with E-state index >= 15 is 0 Å². The first-order chi connectivity index (χ1) is 13.6. The molecule has 9 nitrogen and oxygen atoms in total. The third kappa shape index (κ3) is 2.41. The van der Waals surface area contributed by atoms with Gasteiger partial charge in [-0.1, -0.05) is 0 Å². The lowest BCUT2D eigenvalue weighted by Crippen LogP contribution is -2.63. The first kappa shape index (κ1) is 19.3. The molecule has 3 aliphatic rings. The zero-order chi connectivity index (χ0) is 21.2. The number of primary amides is 1. The number of Topliss-reactive ketones (excluding diaryl/α,β-unsaturated/α-hetero) is 2. The summed E-state index contributed by atoms with van der Waals surface area (Å²) in [6.45, 7) is 0. The number of nitrogens with zero attached hydrogens (tertiary/aromatic N) is 2. The summed E-state index contributed by atoms with van der Waals surface area (Å²) in [6.07, 6.45) is 3.57. The molecule has 3 aliphatic carbocycles.